The normalized spacial score (nSPS) is 10.5. The zero-order valence-corrected chi connectivity index (χ0v) is 5.50. The molecule has 4 nitrogen and oxygen atoms in total. The average Bonchev–Trinajstić information content (AvgIpc) is 2.33. The lowest BCUT2D eigenvalue weighted by Gasteiger charge is -1.87. The fraction of sp³-hybridized carbons (Fsp3) is 0.167. The first-order chi connectivity index (χ1) is 4.86. The van der Waals surface area contributed by atoms with Gasteiger partial charge >= 0.3 is 0 Å². The van der Waals surface area contributed by atoms with E-state index >= 15 is 0 Å². The average molecular weight is 134 g/mol. The Labute approximate surface area is 57.3 Å². The highest BCUT2D eigenvalue weighted by molar-refractivity contribution is 5.67. The molecule has 4 heteroatoms. The molecule has 0 aromatic carbocycles. The first kappa shape index (κ1) is 5.34. The zero-order valence-electron chi connectivity index (χ0n) is 5.50. The summed E-state index contributed by atoms with van der Waals surface area (Å²) in [6.45, 7) is 1.84. The molecule has 1 N–H and O–H groups in total. The number of fused-ring (bicyclic) bond motifs is 1. The van der Waals surface area contributed by atoms with E-state index in [-0.39, 0.29) is 0 Å². The van der Waals surface area contributed by atoms with Gasteiger partial charge in [-0.15, -0.1) is 0 Å². The first-order valence-electron chi connectivity index (χ1n) is 2.99. The fourth-order valence-electron chi connectivity index (χ4n) is 0.821. The van der Waals surface area contributed by atoms with Crippen LogP contribution in [0.25, 0.3) is 11.2 Å². The van der Waals surface area contributed by atoms with E-state index < -0.39 is 0 Å². The minimum Gasteiger partial charge on any atom is -0.342 e. The van der Waals surface area contributed by atoms with Crippen LogP contribution in [-0.2, 0) is 0 Å². The number of aryl methyl sites for hydroxylation is 1. The predicted octanol–water partition coefficient (Wildman–Crippen LogP) is 0.661. The number of nitrogens with zero attached hydrogens (tertiary/aromatic N) is 3. The number of nitrogens with one attached hydrogen (secondary N) is 1. The molecule has 0 aliphatic heterocycles. The summed E-state index contributed by atoms with van der Waals surface area (Å²) in [5, 5.41) is 0. The topological polar surface area (TPSA) is 54.5 Å². The van der Waals surface area contributed by atoms with Crippen molar-refractivity contribution in [2.24, 2.45) is 0 Å². The molecule has 0 saturated carbocycles. The third kappa shape index (κ3) is 0.655. The van der Waals surface area contributed by atoms with Gasteiger partial charge in [-0.3, -0.25) is 0 Å². The van der Waals surface area contributed by atoms with Crippen LogP contribution in [0.4, 0.5) is 0 Å². The Balaban J connectivity index is 2.86. The zero-order chi connectivity index (χ0) is 6.97. The van der Waals surface area contributed by atoms with Gasteiger partial charge < -0.3 is 4.98 Å². The van der Waals surface area contributed by atoms with Crippen molar-refractivity contribution in [3.05, 3.63) is 18.3 Å². The summed E-state index contributed by atoms with van der Waals surface area (Å²) >= 11 is 0. The molecule has 50 valence electrons. The first-order valence-corrected chi connectivity index (χ1v) is 2.99. The van der Waals surface area contributed by atoms with E-state index in [1.165, 1.54) is 0 Å². The maximum Gasteiger partial charge on any atom is 0.180 e. The summed E-state index contributed by atoms with van der Waals surface area (Å²) in [4.78, 5) is 15.0. The van der Waals surface area contributed by atoms with Crippen LogP contribution >= 0.6 is 0 Å². The maximum atomic E-state index is 4.08. The fourth-order valence-corrected chi connectivity index (χ4v) is 0.821. The second-order valence-corrected chi connectivity index (χ2v) is 2.06. The van der Waals surface area contributed by atoms with E-state index in [2.05, 4.69) is 19.9 Å². The molecule has 0 saturated heterocycles. The second kappa shape index (κ2) is 1.76. The quantitative estimate of drug-likeness (QED) is 0.575. The van der Waals surface area contributed by atoms with E-state index in [9.17, 15) is 0 Å². The number of hydrogen-bond donors (Lipinski definition) is 1. The number of aromatic amines is 1. The van der Waals surface area contributed by atoms with Crippen molar-refractivity contribution in [1.82, 2.24) is 19.9 Å². The Bertz CT molecular complexity index is 351. The van der Waals surface area contributed by atoms with Gasteiger partial charge in [-0.1, -0.05) is 0 Å². The second-order valence-electron chi connectivity index (χ2n) is 2.06. The highest BCUT2D eigenvalue weighted by Gasteiger charge is 1.95. The molecular weight excluding hydrogens is 128 g/mol. The number of rotatable bonds is 0. The van der Waals surface area contributed by atoms with Crippen molar-refractivity contribution in [3.8, 4) is 0 Å². The lowest BCUT2D eigenvalue weighted by atomic mass is 10.5. The van der Waals surface area contributed by atoms with Crippen molar-refractivity contribution in [2.45, 2.75) is 6.92 Å². The van der Waals surface area contributed by atoms with Crippen molar-refractivity contribution < 1.29 is 0 Å². The third-order valence-corrected chi connectivity index (χ3v) is 1.30. The molecule has 0 amide bonds. The Morgan fingerprint density at radius 2 is 2.30 bits per heavy atom. The number of hydrogen-bond acceptors (Lipinski definition) is 3. The lowest BCUT2D eigenvalue weighted by molar-refractivity contribution is 1.08. The molecule has 0 unspecified atom stereocenters. The van der Waals surface area contributed by atoms with Crippen LogP contribution in [0, 0.1) is 6.92 Å². The van der Waals surface area contributed by atoms with Gasteiger partial charge in [0.2, 0.25) is 0 Å². The molecule has 2 aromatic rings. The maximum absolute atomic E-state index is 4.08. The van der Waals surface area contributed by atoms with Gasteiger partial charge in [0.05, 0.1) is 12.5 Å². The van der Waals surface area contributed by atoms with Crippen LogP contribution < -0.4 is 0 Å². The third-order valence-electron chi connectivity index (χ3n) is 1.30. The van der Waals surface area contributed by atoms with Crippen molar-refractivity contribution in [3.63, 3.8) is 0 Å². The molecule has 0 fully saturated rings. The van der Waals surface area contributed by atoms with Crippen LogP contribution in [0.15, 0.2) is 12.5 Å². The van der Waals surface area contributed by atoms with E-state index in [0.717, 1.165) is 17.0 Å². The predicted molar refractivity (Wildman–Crippen MR) is 36.4 cm³/mol. The Kier molecular flexibility index (Phi) is 0.943. The van der Waals surface area contributed by atoms with Crippen LogP contribution in [0.3, 0.4) is 0 Å². The van der Waals surface area contributed by atoms with Gasteiger partial charge in [0, 0.05) is 0 Å². The molecular formula is C6H6N4. The molecule has 0 bridgehead atoms. The molecule has 2 rings (SSSR count). The summed E-state index contributed by atoms with van der Waals surface area (Å²) < 4.78 is 0. The van der Waals surface area contributed by atoms with Crippen LogP contribution in [-0.4, -0.2) is 19.9 Å². The lowest BCUT2D eigenvalue weighted by Crippen LogP contribution is -1.85. The molecule has 0 radical (unpaired) electrons. The smallest absolute Gasteiger partial charge is 0.180 e. The molecule has 10 heavy (non-hydrogen) atoms. The van der Waals surface area contributed by atoms with Crippen molar-refractivity contribution >= 4 is 11.2 Å². The number of imidazole rings is 1. The van der Waals surface area contributed by atoms with Gasteiger partial charge in [0.25, 0.3) is 0 Å². The molecule has 0 spiro atoms. The van der Waals surface area contributed by atoms with Crippen LogP contribution in [0.1, 0.15) is 5.82 Å². The van der Waals surface area contributed by atoms with E-state index in [1.54, 1.807) is 12.5 Å². The van der Waals surface area contributed by atoms with Gasteiger partial charge in [-0.25, -0.2) is 15.0 Å². The highest BCUT2D eigenvalue weighted by Crippen LogP contribution is 2.02. The summed E-state index contributed by atoms with van der Waals surface area (Å²) in [5.74, 6) is 0.750. The summed E-state index contributed by atoms with van der Waals surface area (Å²) in [7, 11) is 0. The molecule has 0 aliphatic rings. The van der Waals surface area contributed by atoms with Gasteiger partial charge in [-0.2, -0.15) is 0 Å². The Morgan fingerprint density at radius 1 is 1.40 bits per heavy atom. The van der Waals surface area contributed by atoms with Crippen LogP contribution in [0.2, 0.25) is 0 Å². The minimum atomic E-state index is 0.729. The van der Waals surface area contributed by atoms with E-state index in [0.29, 0.717) is 0 Å². The highest BCUT2D eigenvalue weighted by atomic mass is 15.0. The van der Waals surface area contributed by atoms with Crippen LogP contribution in [0.5, 0.6) is 0 Å². The summed E-state index contributed by atoms with van der Waals surface area (Å²) in [6, 6.07) is 0. The SMILES string of the molecule is Cc1ncc2[nH]cnc2n1. The Morgan fingerprint density at radius 3 is 3.20 bits per heavy atom. The summed E-state index contributed by atoms with van der Waals surface area (Å²) in [5.41, 5.74) is 1.61. The standard InChI is InChI=1S/C6H6N4/c1-4-7-2-5-6(10-4)9-3-8-5/h2-3H,1H3,(H,7,8,9,10). The number of aromatic nitrogens is 4. The van der Waals surface area contributed by atoms with Gasteiger partial charge in [0.1, 0.15) is 11.3 Å². The molecule has 0 atom stereocenters. The Hall–Kier alpha value is -1.45. The van der Waals surface area contributed by atoms with Gasteiger partial charge in [0.15, 0.2) is 5.65 Å². The minimum absolute atomic E-state index is 0.729. The van der Waals surface area contributed by atoms with Gasteiger partial charge in [-0.05, 0) is 6.92 Å². The molecule has 2 aromatic heterocycles. The monoisotopic (exact) mass is 134 g/mol. The molecule has 0 aliphatic carbocycles. The molecule has 2 heterocycles. The van der Waals surface area contributed by atoms with Crippen molar-refractivity contribution in [1.29, 1.82) is 0 Å². The van der Waals surface area contributed by atoms with E-state index in [1.807, 2.05) is 6.92 Å². The van der Waals surface area contributed by atoms with E-state index in [4.69, 9.17) is 0 Å². The largest absolute Gasteiger partial charge is 0.342 e. The van der Waals surface area contributed by atoms with Crippen molar-refractivity contribution in [2.75, 3.05) is 0 Å². The number of H-pyrrole nitrogens is 1. The summed E-state index contributed by atoms with van der Waals surface area (Å²) in [6.07, 6.45) is 3.34.